The number of amides is 1. The lowest BCUT2D eigenvalue weighted by Crippen LogP contribution is -2.17. The number of aryl methyl sites for hydroxylation is 2. The predicted octanol–water partition coefficient (Wildman–Crippen LogP) is 3.19. The van der Waals surface area contributed by atoms with Gasteiger partial charge in [-0.1, -0.05) is 42.0 Å². The van der Waals surface area contributed by atoms with Crippen LogP contribution in [0.15, 0.2) is 65.7 Å². The molecule has 3 N–H and O–H groups in total. The number of pyridine rings is 1. The number of carbonyl (C=O) groups is 1. The normalized spacial score (nSPS) is 11.2. The fourth-order valence-electron chi connectivity index (χ4n) is 2.91. The van der Waals surface area contributed by atoms with E-state index in [0.717, 1.165) is 16.8 Å². The maximum absolute atomic E-state index is 12.3. The molecule has 0 aliphatic rings. The Labute approximate surface area is 164 Å². The molecule has 0 aliphatic heterocycles. The molecule has 0 unspecified atom stereocenters. The minimum atomic E-state index is -3.99. The molecular weight excluding hydrogens is 374 g/mol. The number of hydrogen-bond acceptors (Lipinski definition) is 4. The average Bonchev–Trinajstić information content (AvgIpc) is 2.61. The van der Waals surface area contributed by atoms with E-state index in [1.807, 2.05) is 38.1 Å². The zero-order chi connectivity index (χ0) is 20.3. The SMILES string of the molecule is Cc1cccc(CC(=O)Nc2ccc(-c3ccc(C)nc3)c(S(N)(=O)=O)c2)c1. The van der Waals surface area contributed by atoms with E-state index >= 15 is 0 Å². The third kappa shape index (κ3) is 4.82. The average molecular weight is 395 g/mol. The van der Waals surface area contributed by atoms with Crippen LogP contribution in [0.3, 0.4) is 0 Å². The first-order valence-electron chi connectivity index (χ1n) is 8.67. The van der Waals surface area contributed by atoms with Crippen LogP contribution in [0.4, 0.5) is 5.69 Å². The minimum absolute atomic E-state index is 0.0634. The van der Waals surface area contributed by atoms with E-state index in [-0.39, 0.29) is 17.2 Å². The van der Waals surface area contributed by atoms with E-state index in [9.17, 15) is 13.2 Å². The molecule has 144 valence electrons. The highest BCUT2D eigenvalue weighted by Crippen LogP contribution is 2.29. The van der Waals surface area contributed by atoms with Crippen molar-refractivity contribution in [2.24, 2.45) is 5.14 Å². The smallest absolute Gasteiger partial charge is 0.238 e. The summed E-state index contributed by atoms with van der Waals surface area (Å²) in [5.74, 6) is -0.240. The van der Waals surface area contributed by atoms with Crippen molar-refractivity contribution in [3.8, 4) is 11.1 Å². The molecule has 0 saturated carbocycles. The molecule has 0 fully saturated rings. The van der Waals surface area contributed by atoms with Crippen LogP contribution in [0.25, 0.3) is 11.1 Å². The standard InChI is InChI=1S/C21H21N3O3S/c1-14-4-3-5-16(10-14)11-21(25)24-18-8-9-19(20(12-18)28(22,26)27)17-7-6-15(2)23-13-17/h3-10,12-13H,11H2,1-2H3,(H,24,25)(H2,22,26,27). The van der Waals surface area contributed by atoms with Crippen molar-refractivity contribution in [3.63, 3.8) is 0 Å². The Morgan fingerprint density at radius 3 is 2.50 bits per heavy atom. The Balaban J connectivity index is 1.88. The summed E-state index contributed by atoms with van der Waals surface area (Å²) in [5, 5.41) is 8.14. The Morgan fingerprint density at radius 2 is 1.86 bits per heavy atom. The van der Waals surface area contributed by atoms with Gasteiger partial charge < -0.3 is 5.32 Å². The summed E-state index contributed by atoms with van der Waals surface area (Å²) >= 11 is 0. The first kappa shape index (κ1) is 19.7. The number of rotatable bonds is 5. The van der Waals surface area contributed by atoms with Gasteiger partial charge in [0.1, 0.15) is 0 Å². The lowest BCUT2D eigenvalue weighted by molar-refractivity contribution is -0.115. The monoisotopic (exact) mass is 395 g/mol. The molecule has 3 rings (SSSR count). The van der Waals surface area contributed by atoms with Gasteiger partial charge in [-0.2, -0.15) is 0 Å². The first-order valence-corrected chi connectivity index (χ1v) is 10.2. The molecule has 0 bridgehead atoms. The van der Waals surface area contributed by atoms with Gasteiger partial charge in [-0.25, -0.2) is 13.6 Å². The highest BCUT2D eigenvalue weighted by Gasteiger charge is 2.17. The van der Waals surface area contributed by atoms with Crippen molar-refractivity contribution in [2.75, 3.05) is 5.32 Å². The lowest BCUT2D eigenvalue weighted by Gasteiger charge is -2.12. The second kappa shape index (κ2) is 7.92. The van der Waals surface area contributed by atoms with Gasteiger partial charge in [0.15, 0.2) is 0 Å². The van der Waals surface area contributed by atoms with Crippen LogP contribution in [0.1, 0.15) is 16.8 Å². The number of nitrogens with one attached hydrogen (secondary N) is 1. The van der Waals surface area contributed by atoms with Crippen LogP contribution in [0, 0.1) is 13.8 Å². The zero-order valence-electron chi connectivity index (χ0n) is 15.6. The van der Waals surface area contributed by atoms with Crippen LogP contribution < -0.4 is 10.5 Å². The van der Waals surface area contributed by atoms with Gasteiger partial charge in [-0.15, -0.1) is 0 Å². The number of anilines is 1. The summed E-state index contributed by atoms with van der Waals surface area (Å²) in [6, 6.07) is 15.9. The fraction of sp³-hybridized carbons (Fsp3) is 0.143. The number of nitrogens with zero attached hydrogens (tertiary/aromatic N) is 1. The highest BCUT2D eigenvalue weighted by atomic mass is 32.2. The molecule has 1 amide bonds. The van der Waals surface area contributed by atoms with Gasteiger partial charge in [0.2, 0.25) is 15.9 Å². The molecule has 7 heteroatoms. The number of benzene rings is 2. The van der Waals surface area contributed by atoms with Crippen molar-refractivity contribution in [1.29, 1.82) is 0 Å². The zero-order valence-corrected chi connectivity index (χ0v) is 16.5. The molecule has 0 saturated heterocycles. The second-order valence-electron chi connectivity index (χ2n) is 6.66. The van der Waals surface area contributed by atoms with Gasteiger partial charge in [0.25, 0.3) is 0 Å². The van der Waals surface area contributed by atoms with Crippen molar-refractivity contribution < 1.29 is 13.2 Å². The number of sulfonamides is 1. The summed E-state index contributed by atoms with van der Waals surface area (Å²) in [6.45, 7) is 3.80. The maximum Gasteiger partial charge on any atom is 0.238 e. The summed E-state index contributed by atoms with van der Waals surface area (Å²) in [6.07, 6.45) is 1.78. The van der Waals surface area contributed by atoms with Crippen molar-refractivity contribution in [2.45, 2.75) is 25.2 Å². The van der Waals surface area contributed by atoms with E-state index in [4.69, 9.17) is 5.14 Å². The van der Waals surface area contributed by atoms with E-state index in [2.05, 4.69) is 10.3 Å². The summed E-state index contributed by atoms with van der Waals surface area (Å²) in [5.41, 5.74) is 4.20. The van der Waals surface area contributed by atoms with E-state index in [1.54, 1.807) is 30.5 Å². The number of primary sulfonamides is 1. The molecule has 2 aromatic carbocycles. The lowest BCUT2D eigenvalue weighted by atomic mass is 10.1. The predicted molar refractivity (Wildman–Crippen MR) is 109 cm³/mol. The first-order chi connectivity index (χ1) is 13.2. The minimum Gasteiger partial charge on any atom is -0.326 e. The molecule has 3 aromatic rings. The Morgan fingerprint density at radius 1 is 1.07 bits per heavy atom. The Bertz CT molecular complexity index is 1120. The molecule has 1 heterocycles. The van der Waals surface area contributed by atoms with Crippen LogP contribution in [0.2, 0.25) is 0 Å². The summed E-state index contributed by atoms with van der Waals surface area (Å²) in [7, 11) is -3.99. The molecule has 0 atom stereocenters. The fourth-order valence-corrected chi connectivity index (χ4v) is 3.70. The van der Waals surface area contributed by atoms with Crippen molar-refractivity contribution in [1.82, 2.24) is 4.98 Å². The number of carbonyl (C=O) groups excluding carboxylic acids is 1. The molecule has 28 heavy (non-hydrogen) atoms. The topological polar surface area (TPSA) is 102 Å². The van der Waals surface area contributed by atoms with Gasteiger partial charge in [0.05, 0.1) is 11.3 Å². The van der Waals surface area contributed by atoms with E-state index in [1.165, 1.54) is 6.07 Å². The molecular formula is C21H21N3O3S. The van der Waals surface area contributed by atoms with Crippen LogP contribution in [0.5, 0.6) is 0 Å². The van der Waals surface area contributed by atoms with Crippen LogP contribution in [-0.4, -0.2) is 19.3 Å². The maximum atomic E-state index is 12.3. The molecule has 1 aromatic heterocycles. The summed E-state index contributed by atoms with van der Waals surface area (Å²) in [4.78, 5) is 16.5. The number of hydrogen-bond donors (Lipinski definition) is 2. The van der Waals surface area contributed by atoms with Gasteiger partial charge in [-0.3, -0.25) is 9.78 Å². The Hall–Kier alpha value is -3.03. The molecule has 0 aliphatic carbocycles. The van der Waals surface area contributed by atoms with Crippen LogP contribution >= 0.6 is 0 Å². The summed E-state index contributed by atoms with van der Waals surface area (Å²) < 4.78 is 24.2. The Kier molecular flexibility index (Phi) is 5.58. The van der Waals surface area contributed by atoms with Gasteiger partial charge >= 0.3 is 0 Å². The van der Waals surface area contributed by atoms with Gasteiger partial charge in [0, 0.05) is 28.7 Å². The van der Waals surface area contributed by atoms with Crippen LogP contribution in [-0.2, 0) is 21.2 Å². The second-order valence-corrected chi connectivity index (χ2v) is 8.19. The quantitative estimate of drug-likeness (QED) is 0.692. The molecule has 6 nitrogen and oxygen atoms in total. The van der Waals surface area contributed by atoms with Gasteiger partial charge in [-0.05, 0) is 37.6 Å². The van der Waals surface area contributed by atoms with E-state index in [0.29, 0.717) is 16.8 Å². The van der Waals surface area contributed by atoms with Crippen molar-refractivity contribution >= 4 is 21.6 Å². The third-order valence-corrected chi connectivity index (χ3v) is 5.19. The molecule has 0 radical (unpaired) electrons. The van der Waals surface area contributed by atoms with Crippen molar-refractivity contribution in [3.05, 3.63) is 77.6 Å². The number of aromatic nitrogens is 1. The van der Waals surface area contributed by atoms with E-state index < -0.39 is 10.0 Å². The molecule has 0 spiro atoms. The third-order valence-electron chi connectivity index (χ3n) is 4.24. The highest BCUT2D eigenvalue weighted by molar-refractivity contribution is 7.89. The largest absolute Gasteiger partial charge is 0.326 e. The number of nitrogens with two attached hydrogens (primary N) is 1.